The van der Waals surface area contributed by atoms with Crippen LogP contribution < -0.4 is 10.6 Å². The summed E-state index contributed by atoms with van der Waals surface area (Å²) in [4.78, 5) is 31.9. The first kappa shape index (κ1) is 27.1. The Morgan fingerprint density at radius 1 is 0.949 bits per heavy atom. The fourth-order valence-electron chi connectivity index (χ4n) is 5.73. The maximum Gasteiger partial charge on any atom is 0.321 e. The number of amides is 3. The van der Waals surface area contributed by atoms with Crippen LogP contribution in [-0.2, 0) is 11.3 Å². The number of piperazine rings is 1. The summed E-state index contributed by atoms with van der Waals surface area (Å²) in [6.45, 7) is 7.08. The van der Waals surface area contributed by atoms with Gasteiger partial charge in [0.25, 0.3) is 0 Å². The van der Waals surface area contributed by atoms with Crippen molar-refractivity contribution in [1.82, 2.24) is 20.0 Å². The molecule has 0 bridgehead atoms. The minimum atomic E-state index is -0.439. The van der Waals surface area contributed by atoms with E-state index in [-0.39, 0.29) is 30.4 Å². The minimum Gasteiger partial charge on any atom is -0.352 e. The van der Waals surface area contributed by atoms with E-state index in [4.69, 9.17) is 0 Å². The van der Waals surface area contributed by atoms with Gasteiger partial charge in [0.1, 0.15) is 5.82 Å². The van der Waals surface area contributed by atoms with Gasteiger partial charge in [0.05, 0.1) is 0 Å². The predicted molar refractivity (Wildman–Crippen MR) is 153 cm³/mol. The van der Waals surface area contributed by atoms with Crippen molar-refractivity contribution in [3.63, 3.8) is 0 Å². The van der Waals surface area contributed by atoms with Crippen LogP contribution in [0, 0.1) is 11.7 Å². The second kappa shape index (κ2) is 12.1. The molecule has 3 aromatic rings. The van der Waals surface area contributed by atoms with Crippen LogP contribution in [0.25, 0.3) is 10.8 Å². The number of hydrogen-bond donors (Lipinski definition) is 2. The number of piperidine rings is 1. The number of carbonyl (C=O) groups excluding carboxylic acids is 2. The number of likely N-dealkylation sites (N-methyl/N-ethyl adjacent to an activating group) is 1. The molecule has 8 heteroatoms. The highest BCUT2D eigenvalue weighted by Gasteiger charge is 2.28. The van der Waals surface area contributed by atoms with Crippen LogP contribution in [0.15, 0.2) is 60.7 Å². The molecule has 0 unspecified atom stereocenters. The Morgan fingerprint density at radius 2 is 1.67 bits per heavy atom. The highest BCUT2D eigenvalue weighted by Crippen LogP contribution is 2.31. The van der Waals surface area contributed by atoms with Crippen LogP contribution in [0.4, 0.5) is 14.9 Å². The third-order valence-electron chi connectivity index (χ3n) is 8.19. The van der Waals surface area contributed by atoms with E-state index in [1.165, 1.54) is 28.5 Å². The van der Waals surface area contributed by atoms with Crippen molar-refractivity contribution in [2.24, 2.45) is 5.92 Å². The van der Waals surface area contributed by atoms with Crippen molar-refractivity contribution in [2.75, 3.05) is 51.6 Å². The summed E-state index contributed by atoms with van der Waals surface area (Å²) < 4.78 is 14.3. The molecule has 2 N–H and O–H groups in total. The fourth-order valence-corrected chi connectivity index (χ4v) is 5.73. The number of nitrogens with one attached hydrogen (secondary N) is 2. The molecule has 2 aliphatic rings. The van der Waals surface area contributed by atoms with Crippen molar-refractivity contribution in [3.05, 3.63) is 77.6 Å². The predicted octanol–water partition coefficient (Wildman–Crippen LogP) is 4.85. The summed E-state index contributed by atoms with van der Waals surface area (Å²) in [6.07, 6.45) is 1.58. The molecule has 2 fully saturated rings. The molecular formula is C31H38FN5O2. The minimum absolute atomic E-state index is 0.000234. The van der Waals surface area contributed by atoms with Crippen LogP contribution in [0.2, 0.25) is 0 Å². The van der Waals surface area contributed by atoms with E-state index in [1.54, 1.807) is 11.0 Å². The van der Waals surface area contributed by atoms with Crippen molar-refractivity contribution < 1.29 is 14.0 Å². The van der Waals surface area contributed by atoms with Gasteiger partial charge in [-0.3, -0.25) is 9.69 Å². The molecule has 1 atom stereocenters. The van der Waals surface area contributed by atoms with Gasteiger partial charge in [-0.1, -0.05) is 42.5 Å². The van der Waals surface area contributed by atoms with Gasteiger partial charge in [0.2, 0.25) is 5.91 Å². The first-order valence-corrected chi connectivity index (χ1v) is 13.9. The second-order valence-corrected chi connectivity index (χ2v) is 10.8. The van der Waals surface area contributed by atoms with Gasteiger partial charge in [-0.2, -0.15) is 0 Å². The lowest BCUT2D eigenvalue weighted by Gasteiger charge is -2.36. The van der Waals surface area contributed by atoms with E-state index in [9.17, 15) is 14.0 Å². The SMILES string of the molecule is C[C@H](c1cccc2ccccc12)N1CCC(C(=O)NCc2cc(F)cc(NC(=O)N3CCN(C)CC3)c2)CC1. The van der Waals surface area contributed by atoms with E-state index in [2.05, 4.69) is 69.8 Å². The molecule has 2 aliphatic heterocycles. The average Bonchev–Trinajstić information content (AvgIpc) is 2.95. The molecule has 7 nitrogen and oxygen atoms in total. The molecule has 0 aromatic heterocycles. The van der Waals surface area contributed by atoms with E-state index >= 15 is 0 Å². The number of urea groups is 1. The number of halogens is 1. The lowest BCUT2D eigenvalue weighted by atomic mass is 9.92. The molecule has 3 amide bonds. The van der Waals surface area contributed by atoms with Crippen LogP contribution >= 0.6 is 0 Å². The molecule has 0 spiro atoms. The first-order chi connectivity index (χ1) is 18.9. The Balaban J connectivity index is 1.13. The third kappa shape index (κ3) is 6.57. The van der Waals surface area contributed by atoms with Crippen molar-refractivity contribution >= 4 is 28.4 Å². The molecule has 2 heterocycles. The second-order valence-electron chi connectivity index (χ2n) is 10.8. The smallest absolute Gasteiger partial charge is 0.321 e. The molecule has 39 heavy (non-hydrogen) atoms. The highest BCUT2D eigenvalue weighted by atomic mass is 19.1. The summed E-state index contributed by atoms with van der Waals surface area (Å²) in [5, 5.41) is 8.33. The summed E-state index contributed by atoms with van der Waals surface area (Å²) >= 11 is 0. The maximum atomic E-state index is 14.3. The van der Waals surface area contributed by atoms with Crippen molar-refractivity contribution in [3.8, 4) is 0 Å². The Bertz CT molecular complexity index is 1310. The van der Waals surface area contributed by atoms with Gasteiger partial charge >= 0.3 is 6.03 Å². The highest BCUT2D eigenvalue weighted by molar-refractivity contribution is 5.89. The first-order valence-electron chi connectivity index (χ1n) is 13.9. The van der Waals surface area contributed by atoms with E-state index < -0.39 is 5.82 Å². The number of nitrogens with zero attached hydrogens (tertiary/aromatic N) is 3. The van der Waals surface area contributed by atoms with Crippen LogP contribution in [0.1, 0.15) is 36.9 Å². The number of fused-ring (bicyclic) bond motifs is 1. The number of benzene rings is 3. The van der Waals surface area contributed by atoms with Crippen LogP contribution in [0.3, 0.4) is 0 Å². The number of carbonyl (C=O) groups is 2. The summed E-state index contributed by atoms with van der Waals surface area (Å²) in [6, 6.07) is 19.4. The van der Waals surface area contributed by atoms with Crippen molar-refractivity contribution in [1.29, 1.82) is 0 Å². The summed E-state index contributed by atoms with van der Waals surface area (Å²) in [5.74, 6) is -0.503. The lowest BCUT2D eigenvalue weighted by molar-refractivity contribution is -0.126. The van der Waals surface area contributed by atoms with Gasteiger partial charge in [-0.05, 0) is 80.0 Å². The van der Waals surface area contributed by atoms with E-state index in [0.717, 1.165) is 39.0 Å². The molecule has 2 saturated heterocycles. The fraction of sp³-hybridized carbons (Fsp3) is 0.419. The zero-order valence-electron chi connectivity index (χ0n) is 22.8. The summed E-state index contributed by atoms with van der Waals surface area (Å²) in [7, 11) is 2.03. The zero-order chi connectivity index (χ0) is 27.4. The topological polar surface area (TPSA) is 67.9 Å². The van der Waals surface area contributed by atoms with Gasteiger partial charge in [0.15, 0.2) is 0 Å². The lowest BCUT2D eigenvalue weighted by Crippen LogP contribution is -2.48. The molecule has 0 radical (unpaired) electrons. The average molecular weight is 532 g/mol. The van der Waals surface area contributed by atoms with Gasteiger partial charge in [0, 0.05) is 50.4 Å². The third-order valence-corrected chi connectivity index (χ3v) is 8.19. The standard InChI is InChI=1S/C31H38FN5O2/c1-22(28-9-5-7-24-6-3-4-8-29(24)28)36-12-10-25(11-13-36)30(38)33-21-23-18-26(32)20-27(19-23)34-31(39)37-16-14-35(2)15-17-37/h3-9,18-20,22,25H,10-17,21H2,1-2H3,(H,33,38)(H,34,39)/t22-/m1/s1. The largest absolute Gasteiger partial charge is 0.352 e. The van der Waals surface area contributed by atoms with Gasteiger partial charge < -0.3 is 20.4 Å². The Hall–Kier alpha value is -3.49. The number of anilines is 1. The maximum absolute atomic E-state index is 14.3. The quantitative estimate of drug-likeness (QED) is 0.477. The van der Waals surface area contributed by atoms with Crippen LogP contribution in [-0.4, -0.2) is 73.0 Å². The Kier molecular flexibility index (Phi) is 8.43. The Labute approximate surface area is 230 Å². The van der Waals surface area contributed by atoms with Crippen molar-refractivity contribution in [2.45, 2.75) is 32.4 Å². The van der Waals surface area contributed by atoms with E-state index in [0.29, 0.717) is 24.3 Å². The number of likely N-dealkylation sites (tertiary alicyclic amines) is 1. The number of rotatable bonds is 6. The number of hydrogen-bond acceptors (Lipinski definition) is 4. The molecule has 3 aromatic carbocycles. The molecule has 0 saturated carbocycles. The zero-order valence-corrected chi connectivity index (χ0v) is 22.8. The summed E-state index contributed by atoms with van der Waals surface area (Å²) in [5.41, 5.74) is 2.34. The normalized spacial score (nSPS) is 18.2. The van der Waals surface area contributed by atoms with Gasteiger partial charge in [-0.15, -0.1) is 0 Å². The molecule has 206 valence electrons. The molecular weight excluding hydrogens is 493 g/mol. The van der Waals surface area contributed by atoms with Gasteiger partial charge in [-0.25, -0.2) is 9.18 Å². The van der Waals surface area contributed by atoms with Crippen LogP contribution in [0.5, 0.6) is 0 Å². The molecule has 5 rings (SSSR count). The molecule has 0 aliphatic carbocycles. The Morgan fingerprint density at radius 3 is 2.44 bits per heavy atom. The van der Waals surface area contributed by atoms with E-state index in [1.807, 2.05) is 7.05 Å². The monoisotopic (exact) mass is 531 g/mol.